The average molecular weight is 523 g/mol. The van der Waals surface area contributed by atoms with Gasteiger partial charge in [0.05, 0.1) is 18.2 Å². The maximum Gasteiger partial charge on any atom is 0.531 e. The van der Waals surface area contributed by atoms with Crippen LogP contribution in [0, 0.1) is 5.92 Å². The van der Waals surface area contributed by atoms with Crippen LogP contribution in [0.3, 0.4) is 0 Å². The molecule has 10 nitrogen and oxygen atoms in total. The minimum atomic E-state index is -1.21. The van der Waals surface area contributed by atoms with Crippen molar-refractivity contribution in [1.29, 1.82) is 0 Å². The molecule has 1 saturated heterocycles. The van der Waals surface area contributed by atoms with Gasteiger partial charge in [0, 0.05) is 24.8 Å². The van der Waals surface area contributed by atoms with Gasteiger partial charge in [-0.1, -0.05) is 50.2 Å². The summed E-state index contributed by atoms with van der Waals surface area (Å²) in [5.74, 6) is -2.46. The molecule has 0 spiro atoms. The first kappa shape index (κ1) is 29.0. The molecule has 1 aromatic carbocycles. The van der Waals surface area contributed by atoms with Crippen LogP contribution in [0.1, 0.15) is 50.5 Å². The van der Waals surface area contributed by atoms with Gasteiger partial charge in [-0.25, -0.2) is 4.98 Å². The van der Waals surface area contributed by atoms with Gasteiger partial charge in [-0.05, 0) is 31.4 Å². The third-order valence-electron chi connectivity index (χ3n) is 6.23. The van der Waals surface area contributed by atoms with Crippen molar-refractivity contribution < 1.29 is 33.6 Å². The van der Waals surface area contributed by atoms with Gasteiger partial charge in [-0.2, -0.15) is 0 Å². The first-order valence-corrected chi connectivity index (χ1v) is 12.7. The van der Waals surface area contributed by atoms with Gasteiger partial charge in [0.2, 0.25) is 5.91 Å². The topological polar surface area (TPSA) is 144 Å². The lowest BCUT2D eigenvalue weighted by Crippen LogP contribution is -2.48. The molecule has 1 aliphatic heterocycles. The zero-order chi connectivity index (χ0) is 27.8. The first-order valence-electron chi connectivity index (χ1n) is 12.7. The van der Waals surface area contributed by atoms with Crippen molar-refractivity contribution in [2.24, 2.45) is 5.92 Å². The largest absolute Gasteiger partial charge is 0.531 e. The van der Waals surface area contributed by atoms with E-state index in [-0.39, 0.29) is 30.4 Å². The van der Waals surface area contributed by atoms with Crippen LogP contribution in [0.4, 0.5) is 0 Å². The molecule has 3 rings (SSSR count). The predicted octanol–water partition coefficient (Wildman–Crippen LogP) is 2.17. The van der Waals surface area contributed by atoms with E-state index in [1.807, 2.05) is 44.2 Å². The molecule has 0 radical (unpaired) electrons. The highest BCUT2D eigenvalue weighted by molar-refractivity contribution is 6.51. The third-order valence-corrected chi connectivity index (χ3v) is 6.23. The fourth-order valence-electron chi connectivity index (χ4n) is 4.34. The van der Waals surface area contributed by atoms with E-state index in [2.05, 4.69) is 15.6 Å². The van der Waals surface area contributed by atoms with E-state index in [9.17, 15) is 24.3 Å². The highest BCUT2D eigenvalue weighted by Gasteiger charge is 2.47. The number of benzene rings is 1. The van der Waals surface area contributed by atoms with E-state index < -0.39 is 48.8 Å². The van der Waals surface area contributed by atoms with Crippen molar-refractivity contribution in [1.82, 2.24) is 15.6 Å². The Balaban J connectivity index is 1.72. The fraction of sp³-hybridized carbons (Fsp3) is 0.444. The van der Waals surface area contributed by atoms with E-state index in [1.165, 1.54) is 20.0 Å². The number of rotatable bonds is 12. The van der Waals surface area contributed by atoms with Crippen molar-refractivity contribution >= 4 is 30.7 Å². The first-order chi connectivity index (χ1) is 18.1. The van der Waals surface area contributed by atoms with Crippen molar-refractivity contribution in [3.05, 3.63) is 54.2 Å². The second-order valence-electron chi connectivity index (χ2n) is 9.83. The molecule has 0 unspecified atom stereocenters. The number of ketones is 1. The van der Waals surface area contributed by atoms with Gasteiger partial charge in [0.15, 0.2) is 5.78 Å². The monoisotopic (exact) mass is 523 g/mol. The van der Waals surface area contributed by atoms with Crippen LogP contribution in [0.25, 0.3) is 11.3 Å². The molecule has 2 amide bonds. The molecule has 2 heterocycles. The van der Waals surface area contributed by atoms with Crippen LogP contribution in [-0.4, -0.2) is 66.1 Å². The van der Waals surface area contributed by atoms with Crippen LogP contribution in [0.5, 0.6) is 0 Å². The zero-order valence-corrected chi connectivity index (χ0v) is 22.0. The van der Waals surface area contributed by atoms with E-state index in [4.69, 9.17) is 9.31 Å². The molecule has 3 N–H and O–H groups in total. The molecule has 0 aliphatic carbocycles. The number of aliphatic hydroxyl groups excluding tert-OH is 1. The Morgan fingerprint density at radius 1 is 1.08 bits per heavy atom. The summed E-state index contributed by atoms with van der Waals surface area (Å²) in [5, 5.41) is 15.4. The molecule has 1 aromatic heterocycles. The number of nitrogens with one attached hydrogen (secondary N) is 2. The lowest BCUT2D eigenvalue weighted by atomic mass is 9.65. The Hall–Kier alpha value is -3.57. The molecule has 1 fully saturated rings. The molecular weight excluding hydrogens is 489 g/mol. The standard InChI is InChI=1S/C27H34BN3O7/c1-16(2)13-19(28-37-23(27(36)38-28)15-24(34)29-4)14-22(33)25(17(3)32)31-26(35)21-12-8-11-20(30-21)18-9-6-5-7-10-18/h5-12,16-17,19,23,25,32H,13-15H2,1-4H3,(H,29,34)(H,31,35)/t17-,19-,23-,25+/m1/s1. The van der Waals surface area contributed by atoms with E-state index >= 15 is 0 Å². The second kappa shape index (κ2) is 13.3. The number of hydrogen-bond donors (Lipinski definition) is 3. The Bertz CT molecular complexity index is 1140. The van der Waals surface area contributed by atoms with Crippen LogP contribution < -0.4 is 10.6 Å². The number of Topliss-reactive ketones (excluding diaryl/α,β-unsaturated/α-hetero) is 1. The normalized spacial score (nSPS) is 17.5. The quantitative estimate of drug-likeness (QED) is 0.359. The zero-order valence-electron chi connectivity index (χ0n) is 22.0. The number of hydrogen-bond acceptors (Lipinski definition) is 8. The van der Waals surface area contributed by atoms with Gasteiger partial charge in [0.25, 0.3) is 5.91 Å². The van der Waals surface area contributed by atoms with Crippen molar-refractivity contribution in [3.8, 4) is 11.3 Å². The molecule has 4 atom stereocenters. The van der Waals surface area contributed by atoms with Crippen LogP contribution in [0.2, 0.25) is 5.82 Å². The van der Waals surface area contributed by atoms with Gasteiger partial charge < -0.3 is 25.0 Å². The lowest BCUT2D eigenvalue weighted by Gasteiger charge is -2.24. The summed E-state index contributed by atoms with van der Waals surface area (Å²) in [5.41, 5.74) is 1.54. The Morgan fingerprint density at radius 2 is 1.79 bits per heavy atom. The van der Waals surface area contributed by atoms with Crippen LogP contribution >= 0.6 is 0 Å². The van der Waals surface area contributed by atoms with Gasteiger partial charge in [-0.15, -0.1) is 0 Å². The van der Waals surface area contributed by atoms with Crippen LogP contribution in [-0.2, 0) is 23.7 Å². The summed E-state index contributed by atoms with van der Waals surface area (Å²) < 4.78 is 11.1. The lowest BCUT2D eigenvalue weighted by molar-refractivity contribution is -0.138. The van der Waals surface area contributed by atoms with Gasteiger partial charge in [0.1, 0.15) is 17.8 Å². The van der Waals surface area contributed by atoms with Gasteiger partial charge >= 0.3 is 13.1 Å². The molecule has 2 aromatic rings. The van der Waals surface area contributed by atoms with Crippen LogP contribution in [0.15, 0.2) is 48.5 Å². The van der Waals surface area contributed by atoms with Crippen molar-refractivity contribution in [2.75, 3.05) is 7.05 Å². The maximum atomic E-state index is 13.3. The van der Waals surface area contributed by atoms with E-state index in [0.717, 1.165) is 5.56 Å². The number of carbonyl (C=O) groups is 4. The molecule has 38 heavy (non-hydrogen) atoms. The average Bonchev–Trinajstić information content (AvgIpc) is 3.26. The summed E-state index contributed by atoms with van der Waals surface area (Å²) in [6, 6.07) is 13.2. The molecule has 1 aliphatic rings. The van der Waals surface area contributed by atoms with Gasteiger partial charge in [-0.3, -0.25) is 19.2 Å². The third kappa shape index (κ3) is 7.72. The number of carbonyl (C=O) groups excluding carboxylic acids is 4. The minimum Gasteiger partial charge on any atom is -0.507 e. The molecule has 0 saturated carbocycles. The fourth-order valence-corrected chi connectivity index (χ4v) is 4.34. The highest BCUT2D eigenvalue weighted by Crippen LogP contribution is 2.32. The smallest absolute Gasteiger partial charge is 0.507 e. The minimum absolute atomic E-state index is 0.105. The highest BCUT2D eigenvalue weighted by atomic mass is 16.7. The SMILES string of the molecule is CNC(=O)C[C@H]1OB([C@@H](CC(=O)[C@@H](NC(=O)c2cccc(-c3ccccc3)n2)[C@@H](C)O)CC(C)C)OC1=O. The number of aromatic nitrogens is 1. The summed E-state index contributed by atoms with van der Waals surface area (Å²) in [6.07, 6.45) is -2.06. The molecule has 11 heteroatoms. The number of nitrogens with zero attached hydrogens (tertiary/aromatic N) is 1. The summed E-state index contributed by atoms with van der Waals surface area (Å²) in [4.78, 5) is 54.7. The van der Waals surface area contributed by atoms with E-state index in [0.29, 0.717) is 12.1 Å². The summed E-state index contributed by atoms with van der Waals surface area (Å²) in [6.45, 7) is 5.32. The number of amides is 2. The predicted molar refractivity (Wildman–Crippen MR) is 141 cm³/mol. The second-order valence-corrected chi connectivity index (χ2v) is 9.83. The Kier molecular flexibility index (Phi) is 10.1. The Morgan fingerprint density at radius 3 is 2.42 bits per heavy atom. The van der Waals surface area contributed by atoms with Crippen molar-refractivity contribution in [3.63, 3.8) is 0 Å². The van der Waals surface area contributed by atoms with E-state index in [1.54, 1.807) is 12.1 Å². The summed E-state index contributed by atoms with van der Waals surface area (Å²) in [7, 11) is 0.441. The Labute approximate surface area is 222 Å². The molecule has 0 bridgehead atoms. The molecule has 202 valence electrons. The summed E-state index contributed by atoms with van der Waals surface area (Å²) >= 11 is 0. The maximum absolute atomic E-state index is 13.3. The number of pyridine rings is 1. The molecular formula is C27H34BN3O7. The number of aliphatic hydroxyl groups is 1. The van der Waals surface area contributed by atoms with Crippen molar-refractivity contribution in [2.45, 2.75) is 64.1 Å².